The molecule has 0 saturated carbocycles. The number of amides is 1. The summed E-state index contributed by atoms with van der Waals surface area (Å²) in [4.78, 5) is 15.8. The van der Waals surface area contributed by atoms with Crippen molar-refractivity contribution in [2.45, 2.75) is 19.0 Å². The molecule has 4 aromatic rings. The van der Waals surface area contributed by atoms with Crippen molar-refractivity contribution in [3.05, 3.63) is 108 Å². The van der Waals surface area contributed by atoms with Crippen LogP contribution < -0.4 is 9.47 Å². The van der Waals surface area contributed by atoms with Crippen LogP contribution in [0.4, 0.5) is 0 Å². The molecule has 4 nitrogen and oxygen atoms in total. The fourth-order valence-electron chi connectivity index (χ4n) is 4.46. The Bertz CT molecular complexity index is 1260. The van der Waals surface area contributed by atoms with Crippen molar-refractivity contribution in [3.8, 4) is 11.5 Å². The Morgan fingerprint density at radius 2 is 1.53 bits per heavy atom. The van der Waals surface area contributed by atoms with Crippen LogP contribution in [0.1, 0.15) is 21.5 Å². The fraction of sp³-hybridized carbons (Fsp3) is 0.179. The van der Waals surface area contributed by atoms with Gasteiger partial charge in [-0.05, 0) is 46.5 Å². The van der Waals surface area contributed by atoms with E-state index in [1.54, 1.807) is 7.11 Å². The van der Waals surface area contributed by atoms with Crippen LogP contribution in [-0.2, 0) is 13.0 Å². The van der Waals surface area contributed by atoms with Crippen molar-refractivity contribution < 1.29 is 14.3 Å². The highest BCUT2D eigenvalue weighted by atomic mass is 16.5. The first-order valence-corrected chi connectivity index (χ1v) is 10.9. The van der Waals surface area contributed by atoms with Crippen molar-refractivity contribution in [1.29, 1.82) is 0 Å². The fourth-order valence-corrected chi connectivity index (χ4v) is 4.46. The Hall–Kier alpha value is -3.79. The second-order valence-corrected chi connectivity index (χ2v) is 8.05. The highest BCUT2D eigenvalue weighted by molar-refractivity contribution is 6.07. The smallest absolute Gasteiger partial charge is 0.255 e. The second-order valence-electron chi connectivity index (χ2n) is 8.05. The Balaban J connectivity index is 1.48. The number of carbonyl (C=O) groups excluding carboxylic acids is 1. The zero-order valence-corrected chi connectivity index (χ0v) is 18.0. The van der Waals surface area contributed by atoms with Crippen molar-refractivity contribution in [2.24, 2.45) is 0 Å². The molecule has 160 valence electrons. The monoisotopic (exact) mass is 423 g/mol. The maximum atomic E-state index is 13.8. The summed E-state index contributed by atoms with van der Waals surface area (Å²) in [6, 6.07) is 29.8. The van der Waals surface area contributed by atoms with Crippen molar-refractivity contribution >= 4 is 16.7 Å². The molecule has 0 spiro atoms. The number of benzene rings is 4. The van der Waals surface area contributed by atoms with Gasteiger partial charge in [0.15, 0.2) is 11.5 Å². The number of para-hydroxylation sites is 2. The van der Waals surface area contributed by atoms with E-state index in [0.29, 0.717) is 24.7 Å². The number of nitrogens with zero attached hydrogens (tertiary/aromatic N) is 1. The third kappa shape index (κ3) is 3.80. The van der Waals surface area contributed by atoms with E-state index >= 15 is 0 Å². The molecule has 4 aromatic carbocycles. The lowest BCUT2D eigenvalue weighted by Gasteiger charge is -2.37. The zero-order chi connectivity index (χ0) is 21.9. The molecule has 0 fully saturated rings. The van der Waals surface area contributed by atoms with Gasteiger partial charge in [-0.1, -0.05) is 72.8 Å². The molecule has 0 aromatic heterocycles. The van der Waals surface area contributed by atoms with E-state index < -0.39 is 0 Å². The van der Waals surface area contributed by atoms with Gasteiger partial charge in [0.2, 0.25) is 0 Å². The Morgan fingerprint density at radius 1 is 0.844 bits per heavy atom. The predicted molar refractivity (Wildman–Crippen MR) is 126 cm³/mol. The van der Waals surface area contributed by atoms with Crippen LogP contribution >= 0.6 is 0 Å². The summed E-state index contributed by atoms with van der Waals surface area (Å²) in [5, 5.41) is 2.04. The molecule has 0 N–H and O–H groups in total. The van der Waals surface area contributed by atoms with E-state index in [4.69, 9.17) is 9.47 Å². The average Bonchev–Trinajstić information content (AvgIpc) is 2.86. The van der Waals surface area contributed by atoms with Gasteiger partial charge in [-0.15, -0.1) is 0 Å². The predicted octanol–water partition coefficient (Wildman–Crippen LogP) is 5.49. The molecule has 1 aliphatic rings. The summed E-state index contributed by atoms with van der Waals surface area (Å²) in [5.41, 5.74) is 3.18. The molecule has 1 amide bonds. The highest BCUT2D eigenvalue weighted by Crippen LogP contribution is 2.30. The van der Waals surface area contributed by atoms with Gasteiger partial charge in [0.05, 0.1) is 13.2 Å². The topological polar surface area (TPSA) is 38.8 Å². The van der Waals surface area contributed by atoms with Crippen LogP contribution in [0, 0.1) is 0 Å². The number of ether oxygens (including phenoxy) is 2. The number of hydrogen-bond acceptors (Lipinski definition) is 3. The largest absolute Gasteiger partial charge is 0.493 e. The summed E-state index contributed by atoms with van der Waals surface area (Å²) in [6.07, 6.45) is 0.752. The molecule has 1 unspecified atom stereocenters. The van der Waals surface area contributed by atoms with Gasteiger partial charge in [-0.25, -0.2) is 0 Å². The SMILES string of the molecule is COc1ccccc1OCC1Cc2ccccc2CN1C(=O)c1cccc2ccccc12. The van der Waals surface area contributed by atoms with E-state index in [9.17, 15) is 4.79 Å². The lowest BCUT2D eigenvalue weighted by Crippen LogP contribution is -2.47. The molecule has 0 saturated heterocycles. The maximum Gasteiger partial charge on any atom is 0.255 e. The lowest BCUT2D eigenvalue weighted by molar-refractivity contribution is 0.0566. The standard InChI is InChI=1S/C28H25NO3/c1-31-26-15-6-7-16-27(26)32-19-23-17-21-10-2-3-11-22(21)18-29(23)28(30)25-14-8-12-20-9-4-5-13-24(20)25/h2-16,23H,17-19H2,1H3. The van der Waals surface area contributed by atoms with Gasteiger partial charge in [-0.3, -0.25) is 4.79 Å². The maximum absolute atomic E-state index is 13.8. The Kier molecular flexibility index (Phi) is 5.51. The van der Waals surface area contributed by atoms with Crippen LogP contribution in [0.3, 0.4) is 0 Å². The molecule has 0 aliphatic carbocycles. The third-order valence-corrected chi connectivity index (χ3v) is 6.14. The molecule has 1 atom stereocenters. The van der Waals surface area contributed by atoms with Gasteiger partial charge in [0.1, 0.15) is 6.61 Å². The average molecular weight is 424 g/mol. The van der Waals surface area contributed by atoms with Gasteiger partial charge < -0.3 is 14.4 Å². The van der Waals surface area contributed by atoms with Gasteiger partial charge in [0, 0.05) is 12.1 Å². The molecular formula is C28H25NO3. The third-order valence-electron chi connectivity index (χ3n) is 6.14. The number of methoxy groups -OCH3 is 1. The first kappa shape index (κ1) is 20.1. The number of hydrogen-bond donors (Lipinski definition) is 0. The van der Waals surface area contributed by atoms with E-state index in [0.717, 1.165) is 22.8 Å². The molecular weight excluding hydrogens is 398 g/mol. The number of carbonyl (C=O) groups is 1. The van der Waals surface area contributed by atoms with E-state index in [2.05, 4.69) is 18.2 Å². The highest BCUT2D eigenvalue weighted by Gasteiger charge is 2.31. The van der Waals surface area contributed by atoms with Gasteiger partial charge in [-0.2, -0.15) is 0 Å². The summed E-state index contributed by atoms with van der Waals surface area (Å²) in [5.74, 6) is 1.41. The van der Waals surface area contributed by atoms with Crippen LogP contribution in [0.5, 0.6) is 11.5 Å². The van der Waals surface area contributed by atoms with E-state index in [-0.39, 0.29) is 11.9 Å². The first-order valence-electron chi connectivity index (χ1n) is 10.9. The molecule has 0 radical (unpaired) electrons. The van der Waals surface area contributed by atoms with Crippen LogP contribution in [-0.4, -0.2) is 30.6 Å². The zero-order valence-electron chi connectivity index (χ0n) is 18.0. The van der Waals surface area contributed by atoms with Crippen molar-refractivity contribution in [2.75, 3.05) is 13.7 Å². The van der Waals surface area contributed by atoms with Gasteiger partial charge in [0.25, 0.3) is 5.91 Å². The van der Waals surface area contributed by atoms with Crippen molar-refractivity contribution in [3.63, 3.8) is 0 Å². The van der Waals surface area contributed by atoms with E-state index in [1.807, 2.05) is 77.7 Å². The minimum atomic E-state index is -0.0821. The number of fused-ring (bicyclic) bond motifs is 2. The van der Waals surface area contributed by atoms with Crippen LogP contribution in [0.2, 0.25) is 0 Å². The van der Waals surface area contributed by atoms with E-state index in [1.165, 1.54) is 11.1 Å². The normalized spacial score (nSPS) is 15.3. The lowest BCUT2D eigenvalue weighted by atomic mass is 9.93. The molecule has 1 aliphatic heterocycles. The summed E-state index contributed by atoms with van der Waals surface area (Å²) in [6.45, 7) is 0.962. The molecule has 1 heterocycles. The number of rotatable bonds is 5. The summed E-state index contributed by atoms with van der Waals surface area (Å²) in [7, 11) is 1.63. The van der Waals surface area contributed by atoms with Gasteiger partial charge >= 0.3 is 0 Å². The minimum Gasteiger partial charge on any atom is -0.493 e. The van der Waals surface area contributed by atoms with Crippen LogP contribution in [0.25, 0.3) is 10.8 Å². The quantitative estimate of drug-likeness (QED) is 0.426. The first-order chi connectivity index (χ1) is 15.7. The summed E-state index contributed by atoms with van der Waals surface area (Å²) >= 11 is 0. The Morgan fingerprint density at radius 3 is 2.38 bits per heavy atom. The molecule has 0 bridgehead atoms. The minimum absolute atomic E-state index is 0.0323. The molecule has 32 heavy (non-hydrogen) atoms. The van der Waals surface area contributed by atoms with Crippen molar-refractivity contribution in [1.82, 2.24) is 4.90 Å². The molecule has 5 rings (SSSR count). The van der Waals surface area contributed by atoms with Crippen LogP contribution in [0.15, 0.2) is 91.0 Å². The second kappa shape index (κ2) is 8.75. The Labute approximate surface area is 188 Å². The molecule has 4 heteroatoms. The summed E-state index contributed by atoms with van der Waals surface area (Å²) < 4.78 is 11.6.